The Balaban J connectivity index is 3.11. The summed E-state index contributed by atoms with van der Waals surface area (Å²) in [7, 11) is 0. The van der Waals surface area contributed by atoms with E-state index < -0.39 is 0 Å². The van der Waals surface area contributed by atoms with Gasteiger partial charge in [0.2, 0.25) is 0 Å². The van der Waals surface area contributed by atoms with Crippen molar-refractivity contribution in [2.24, 2.45) is 0 Å². The Morgan fingerprint density at radius 3 is 2.67 bits per heavy atom. The number of aliphatic hydroxyl groups excluding tert-OH is 1. The maximum atomic E-state index is 9.60. The van der Waals surface area contributed by atoms with Gasteiger partial charge in [-0.15, -0.1) is 6.58 Å². The van der Waals surface area contributed by atoms with E-state index in [9.17, 15) is 5.11 Å². The fourth-order valence-electron chi connectivity index (χ4n) is 1.46. The number of ether oxygens (including phenoxy) is 1. The van der Waals surface area contributed by atoms with Crippen LogP contribution in [0.4, 0.5) is 0 Å². The summed E-state index contributed by atoms with van der Waals surface area (Å²) in [5.41, 5.74) is 0. The molecule has 0 aliphatic rings. The highest BCUT2D eigenvalue weighted by molar-refractivity contribution is 4.65. The number of rotatable bonds is 11. The maximum Gasteiger partial charge on any atom is 0.0562 e. The predicted octanol–water partition coefficient (Wildman–Crippen LogP) is 3.30. The van der Waals surface area contributed by atoms with E-state index in [-0.39, 0.29) is 6.10 Å². The van der Waals surface area contributed by atoms with Gasteiger partial charge in [0.15, 0.2) is 0 Å². The second-order valence-corrected chi connectivity index (χ2v) is 3.98. The number of hydrogen-bond donors (Lipinski definition) is 1. The van der Waals surface area contributed by atoms with Gasteiger partial charge in [0.25, 0.3) is 0 Å². The van der Waals surface area contributed by atoms with Crippen LogP contribution in [0.5, 0.6) is 0 Å². The Kier molecular flexibility index (Phi) is 11.5. The van der Waals surface area contributed by atoms with Crippen LogP contribution in [-0.4, -0.2) is 24.4 Å². The molecule has 0 heterocycles. The van der Waals surface area contributed by atoms with Crippen molar-refractivity contribution in [2.75, 3.05) is 13.2 Å². The minimum Gasteiger partial charge on any atom is -0.393 e. The molecule has 0 bridgehead atoms. The fourth-order valence-corrected chi connectivity index (χ4v) is 1.46. The zero-order valence-electron chi connectivity index (χ0n) is 10.1. The lowest BCUT2D eigenvalue weighted by molar-refractivity contribution is 0.0771. The van der Waals surface area contributed by atoms with E-state index in [0.717, 1.165) is 38.7 Å². The molecule has 1 N–H and O–H groups in total. The van der Waals surface area contributed by atoms with Gasteiger partial charge in [0.05, 0.1) is 6.10 Å². The molecular formula is C13H26O2. The first-order valence-electron chi connectivity index (χ1n) is 6.18. The van der Waals surface area contributed by atoms with Crippen LogP contribution in [0, 0.1) is 0 Å². The van der Waals surface area contributed by atoms with E-state index in [0.29, 0.717) is 6.61 Å². The van der Waals surface area contributed by atoms with Crippen LogP contribution < -0.4 is 0 Å². The van der Waals surface area contributed by atoms with Crippen molar-refractivity contribution in [3.05, 3.63) is 12.7 Å². The minimum absolute atomic E-state index is 0.175. The zero-order valence-corrected chi connectivity index (χ0v) is 10.1. The lowest BCUT2D eigenvalue weighted by Gasteiger charge is -2.10. The molecule has 0 aliphatic heterocycles. The molecule has 2 heteroatoms. The average Bonchev–Trinajstić information content (AvgIpc) is 2.24. The Hall–Kier alpha value is -0.340. The molecule has 0 radical (unpaired) electrons. The smallest absolute Gasteiger partial charge is 0.0562 e. The first kappa shape index (κ1) is 14.7. The van der Waals surface area contributed by atoms with Gasteiger partial charge in [-0.2, -0.15) is 0 Å². The summed E-state index contributed by atoms with van der Waals surface area (Å²) in [5.74, 6) is 0. The van der Waals surface area contributed by atoms with Gasteiger partial charge in [-0.3, -0.25) is 0 Å². The monoisotopic (exact) mass is 214 g/mol. The zero-order chi connectivity index (χ0) is 11.4. The Morgan fingerprint density at radius 2 is 2.00 bits per heavy atom. The van der Waals surface area contributed by atoms with Crippen LogP contribution in [0.15, 0.2) is 12.7 Å². The molecule has 0 saturated heterocycles. The first-order chi connectivity index (χ1) is 7.31. The molecule has 90 valence electrons. The predicted molar refractivity (Wildman–Crippen MR) is 65.0 cm³/mol. The summed E-state index contributed by atoms with van der Waals surface area (Å²) in [6.45, 7) is 7.29. The number of allylic oxidation sites excluding steroid dienone is 1. The molecule has 1 atom stereocenters. The van der Waals surface area contributed by atoms with Crippen LogP contribution in [0.25, 0.3) is 0 Å². The Labute approximate surface area is 94.3 Å². The van der Waals surface area contributed by atoms with Gasteiger partial charge < -0.3 is 9.84 Å². The van der Waals surface area contributed by atoms with Gasteiger partial charge in [0, 0.05) is 13.2 Å². The van der Waals surface area contributed by atoms with Crippen molar-refractivity contribution in [3.63, 3.8) is 0 Å². The molecular weight excluding hydrogens is 188 g/mol. The minimum atomic E-state index is -0.175. The summed E-state index contributed by atoms with van der Waals surface area (Å²) in [5, 5.41) is 9.60. The molecule has 0 aromatic rings. The molecule has 15 heavy (non-hydrogen) atoms. The summed E-state index contributed by atoms with van der Waals surface area (Å²) >= 11 is 0. The van der Waals surface area contributed by atoms with E-state index in [1.54, 1.807) is 0 Å². The highest BCUT2D eigenvalue weighted by atomic mass is 16.5. The molecule has 0 fully saturated rings. The molecule has 1 unspecified atom stereocenters. The topological polar surface area (TPSA) is 29.5 Å². The molecule has 0 spiro atoms. The van der Waals surface area contributed by atoms with Crippen LogP contribution >= 0.6 is 0 Å². The third-order valence-electron chi connectivity index (χ3n) is 2.39. The van der Waals surface area contributed by atoms with E-state index in [1.807, 2.05) is 6.08 Å². The molecule has 2 nitrogen and oxygen atoms in total. The quantitative estimate of drug-likeness (QED) is 0.422. The van der Waals surface area contributed by atoms with Crippen molar-refractivity contribution >= 4 is 0 Å². The molecule has 0 saturated carbocycles. The maximum absolute atomic E-state index is 9.60. The SMILES string of the molecule is C=CCCCCCC(O)CCOCCC. The van der Waals surface area contributed by atoms with Crippen LogP contribution in [-0.2, 0) is 4.74 Å². The van der Waals surface area contributed by atoms with E-state index in [2.05, 4.69) is 13.5 Å². The van der Waals surface area contributed by atoms with Gasteiger partial charge >= 0.3 is 0 Å². The van der Waals surface area contributed by atoms with Crippen molar-refractivity contribution in [2.45, 2.75) is 58.0 Å². The second kappa shape index (κ2) is 11.7. The normalized spacial score (nSPS) is 12.7. The Bertz CT molecular complexity index is 134. The van der Waals surface area contributed by atoms with Gasteiger partial charge in [-0.1, -0.05) is 25.8 Å². The van der Waals surface area contributed by atoms with Crippen molar-refractivity contribution in [3.8, 4) is 0 Å². The highest BCUT2D eigenvalue weighted by Crippen LogP contribution is 2.08. The standard InChI is InChI=1S/C13H26O2/c1-3-5-6-7-8-9-13(14)10-12-15-11-4-2/h3,13-14H,1,4-12H2,2H3. The van der Waals surface area contributed by atoms with Crippen molar-refractivity contribution in [1.29, 1.82) is 0 Å². The largest absolute Gasteiger partial charge is 0.393 e. The lowest BCUT2D eigenvalue weighted by atomic mass is 10.1. The summed E-state index contributed by atoms with van der Waals surface area (Å²) in [4.78, 5) is 0. The van der Waals surface area contributed by atoms with Crippen LogP contribution in [0.1, 0.15) is 51.9 Å². The van der Waals surface area contributed by atoms with Gasteiger partial charge in [-0.25, -0.2) is 0 Å². The van der Waals surface area contributed by atoms with Crippen molar-refractivity contribution in [1.82, 2.24) is 0 Å². The van der Waals surface area contributed by atoms with E-state index in [4.69, 9.17) is 4.74 Å². The van der Waals surface area contributed by atoms with E-state index >= 15 is 0 Å². The number of aliphatic hydroxyl groups is 1. The lowest BCUT2D eigenvalue weighted by Crippen LogP contribution is -2.10. The fraction of sp³-hybridized carbons (Fsp3) is 0.846. The summed E-state index contributed by atoms with van der Waals surface area (Å²) < 4.78 is 5.33. The summed E-state index contributed by atoms with van der Waals surface area (Å²) in [6.07, 6.45) is 9.12. The molecule has 0 amide bonds. The average molecular weight is 214 g/mol. The van der Waals surface area contributed by atoms with Crippen LogP contribution in [0.3, 0.4) is 0 Å². The third kappa shape index (κ3) is 11.6. The van der Waals surface area contributed by atoms with Gasteiger partial charge in [-0.05, 0) is 32.1 Å². The molecule has 0 aliphatic carbocycles. The second-order valence-electron chi connectivity index (χ2n) is 3.98. The molecule has 0 aromatic carbocycles. The van der Waals surface area contributed by atoms with Crippen LogP contribution in [0.2, 0.25) is 0 Å². The van der Waals surface area contributed by atoms with Crippen molar-refractivity contribution < 1.29 is 9.84 Å². The summed E-state index contributed by atoms with van der Waals surface area (Å²) in [6, 6.07) is 0. The third-order valence-corrected chi connectivity index (χ3v) is 2.39. The first-order valence-corrected chi connectivity index (χ1v) is 6.18. The number of hydrogen-bond acceptors (Lipinski definition) is 2. The van der Waals surface area contributed by atoms with E-state index in [1.165, 1.54) is 12.8 Å². The molecule has 0 rings (SSSR count). The number of unbranched alkanes of at least 4 members (excludes halogenated alkanes) is 3. The highest BCUT2D eigenvalue weighted by Gasteiger charge is 2.03. The molecule has 0 aromatic heterocycles. The van der Waals surface area contributed by atoms with Gasteiger partial charge in [0.1, 0.15) is 0 Å². The Morgan fingerprint density at radius 1 is 1.20 bits per heavy atom.